The second kappa shape index (κ2) is 7.43. The molecule has 0 aromatic carbocycles. The molecule has 1 fully saturated rings. The molecule has 3 atom stereocenters. The summed E-state index contributed by atoms with van der Waals surface area (Å²) in [4.78, 5) is 1.70. The molecule has 0 nitrogen and oxygen atoms in total. The normalized spacial score (nSPS) is 32.8. The minimum atomic E-state index is 0.424. The zero-order valence-electron chi connectivity index (χ0n) is 13.8. The van der Waals surface area contributed by atoms with Crippen molar-refractivity contribution >= 4 is 19.6 Å². The van der Waals surface area contributed by atoms with E-state index in [1.165, 1.54) is 44.9 Å². The summed E-state index contributed by atoms with van der Waals surface area (Å²) in [5, 5.41) is 0.762. The molecule has 0 amide bonds. The summed E-state index contributed by atoms with van der Waals surface area (Å²) in [6, 6.07) is 0. The van der Waals surface area contributed by atoms with E-state index >= 15 is 0 Å². The Kier molecular flexibility index (Phi) is 6.14. The van der Waals surface area contributed by atoms with E-state index in [0.717, 1.165) is 11.2 Å². The third kappa shape index (κ3) is 3.87. The van der Waals surface area contributed by atoms with E-state index in [9.17, 15) is 0 Å². The highest BCUT2D eigenvalue weighted by atomic mass is 32.2. The van der Waals surface area contributed by atoms with Gasteiger partial charge in [-0.1, -0.05) is 71.2 Å². The Morgan fingerprint density at radius 2 is 1.60 bits per heavy atom. The lowest BCUT2D eigenvalue weighted by atomic mass is 9.73. The molecule has 20 heavy (non-hydrogen) atoms. The molecule has 0 aromatic heterocycles. The maximum atomic E-state index is 6.39. The fourth-order valence-corrected chi connectivity index (χ4v) is 5.88. The van der Waals surface area contributed by atoms with E-state index in [2.05, 4.69) is 39.5 Å². The van der Waals surface area contributed by atoms with Gasteiger partial charge in [0, 0.05) is 5.25 Å². The predicted molar refractivity (Wildman–Crippen MR) is 93.4 cm³/mol. The second-order valence-electron chi connectivity index (χ2n) is 7.38. The molecule has 0 N–H and O–H groups in total. The lowest BCUT2D eigenvalue weighted by molar-refractivity contribution is 0.422. The number of fused-ring (bicyclic) bond motifs is 1. The Morgan fingerprint density at radius 1 is 0.950 bits per heavy atom. The van der Waals surface area contributed by atoms with Gasteiger partial charge in [0.1, 0.15) is 0 Å². The van der Waals surface area contributed by atoms with Gasteiger partial charge in [-0.2, -0.15) is 0 Å². The highest BCUT2D eigenvalue weighted by molar-refractivity contribution is 8.04. The van der Waals surface area contributed by atoms with Crippen LogP contribution < -0.4 is 0 Å². The molecule has 112 valence electrons. The van der Waals surface area contributed by atoms with Gasteiger partial charge in [0.2, 0.25) is 0 Å². The maximum absolute atomic E-state index is 6.39. The van der Waals surface area contributed by atoms with Gasteiger partial charge in [-0.3, -0.25) is 0 Å². The Hall–Kier alpha value is 0.155. The summed E-state index contributed by atoms with van der Waals surface area (Å²) in [5.74, 6) is 2.62. The Bertz CT molecular complexity index is 345. The smallest absolute Gasteiger partial charge is 0.0700 e. The van der Waals surface area contributed by atoms with Gasteiger partial charge in [-0.15, -0.1) is 11.8 Å². The number of hydrogen-bond acceptors (Lipinski definition) is 1. The average Bonchev–Trinajstić information content (AvgIpc) is 2.73. The first-order valence-electron chi connectivity index (χ1n) is 8.66. The maximum Gasteiger partial charge on any atom is 0.0700 e. The van der Waals surface area contributed by atoms with Gasteiger partial charge >= 0.3 is 0 Å². The van der Waals surface area contributed by atoms with Crippen molar-refractivity contribution in [2.75, 3.05) is 0 Å². The van der Waals surface area contributed by atoms with Crippen molar-refractivity contribution in [1.82, 2.24) is 0 Å². The van der Waals surface area contributed by atoms with E-state index in [1.54, 1.807) is 10.5 Å². The number of allylic oxidation sites excluding steroid dienone is 2. The van der Waals surface area contributed by atoms with Gasteiger partial charge in [-0.05, 0) is 35.5 Å². The number of thioether (sulfide) groups is 1. The zero-order valence-corrected chi connectivity index (χ0v) is 14.6. The first-order valence-corrected chi connectivity index (χ1v) is 9.54. The van der Waals surface area contributed by atoms with Gasteiger partial charge in [-0.25, -0.2) is 0 Å². The van der Waals surface area contributed by atoms with Crippen molar-refractivity contribution in [2.45, 2.75) is 83.7 Å². The molecule has 3 unspecified atom stereocenters. The second-order valence-corrected chi connectivity index (χ2v) is 8.66. The summed E-state index contributed by atoms with van der Waals surface area (Å²) in [7, 11) is 6.39. The van der Waals surface area contributed by atoms with Crippen molar-refractivity contribution in [3.63, 3.8) is 0 Å². The lowest BCUT2D eigenvalue weighted by Crippen LogP contribution is -2.20. The van der Waals surface area contributed by atoms with Crippen LogP contribution in [0, 0.1) is 17.8 Å². The summed E-state index contributed by atoms with van der Waals surface area (Å²) in [6.07, 6.45) is 9.40. The molecular weight excluding hydrogens is 259 g/mol. The summed E-state index contributed by atoms with van der Waals surface area (Å²) < 4.78 is 0. The van der Waals surface area contributed by atoms with Gasteiger partial charge in [0.05, 0.1) is 7.85 Å². The molecule has 1 aliphatic heterocycles. The third-order valence-electron chi connectivity index (χ3n) is 4.93. The summed E-state index contributed by atoms with van der Waals surface area (Å²) in [5.41, 5.74) is 1.78. The molecule has 0 saturated heterocycles. The third-order valence-corrected chi connectivity index (χ3v) is 6.72. The van der Waals surface area contributed by atoms with Gasteiger partial charge in [0.15, 0.2) is 0 Å². The van der Waals surface area contributed by atoms with Crippen molar-refractivity contribution in [3.05, 3.63) is 10.5 Å². The van der Waals surface area contributed by atoms with Crippen molar-refractivity contribution in [2.24, 2.45) is 17.8 Å². The standard InChI is InChI=1S/C18H31BS/c1-12(2)17-15-10-8-6-5-7-9-14(19)11-16(15)20-18(17)13(3)4/h12-16H,5-11H2,1-4H3. The molecule has 2 radical (unpaired) electrons. The van der Waals surface area contributed by atoms with E-state index in [-0.39, 0.29) is 0 Å². The van der Waals surface area contributed by atoms with Crippen molar-refractivity contribution in [1.29, 1.82) is 0 Å². The molecule has 1 aliphatic carbocycles. The minimum absolute atomic E-state index is 0.424. The van der Waals surface area contributed by atoms with Crippen molar-refractivity contribution < 1.29 is 0 Å². The van der Waals surface area contributed by atoms with E-state index in [0.29, 0.717) is 17.7 Å². The van der Waals surface area contributed by atoms with E-state index < -0.39 is 0 Å². The first-order chi connectivity index (χ1) is 9.50. The van der Waals surface area contributed by atoms with Crippen LogP contribution in [-0.4, -0.2) is 13.1 Å². The molecule has 0 aromatic rings. The molecular formula is C18H31BS. The number of rotatable bonds is 2. The molecule has 0 spiro atoms. The number of hydrogen-bond donors (Lipinski definition) is 0. The molecule has 2 aliphatic rings. The molecule has 2 heteroatoms. The lowest BCUT2D eigenvalue weighted by Gasteiger charge is -2.27. The molecule has 1 heterocycles. The van der Waals surface area contributed by atoms with Crippen LogP contribution in [0.5, 0.6) is 0 Å². The quantitative estimate of drug-likeness (QED) is 0.563. The molecule has 2 rings (SSSR count). The van der Waals surface area contributed by atoms with Crippen LogP contribution in [0.15, 0.2) is 10.5 Å². The monoisotopic (exact) mass is 290 g/mol. The summed E-state index contributed by atoms with van der Waals surface area (Å²) >= 11 is 2.18. The molecule has 1 saturated carbocycles. The predicted octanol–water partition coefficient (Wildman–Crippen LogP) is 5.99. The summed E-state index contributed by atoms with van der Waals surface area (Å²) in [6.45, 7) is 9.50. The fraction of sp³-hybridized carbons (Fsp3) is 0.889. The van der Waals surface area contributed by atoms with Gasteiger partial charge < -0.3 is 0 Å². The Balaban J connectivity index is 2.21. The largest absolute Gasteiger partial charge is 0.126 e. The first kappa shape index (κ1) is 16.5. The Morgan fingerprint density at radius 3 is 2.20 bits per heavy atom. The minimum Gasteiger partial charge on any atom is -0.126 e. The van der Waals surface area contributed by atoms with Crippen LogP contribution >= 0.6 is 11.8 Å². The van der Waals surface area contributed by atoms with Crippen LogP contribution in [0.1, 0.15) is 72.6 Å². The van der Waals surface area contributed by atoms with E-state index in [1.807, 2.05) is 0 Å². The SMILES string of the molecule is [B]C1CCCCCCC2C(C(C)C)=C(C(C)C)SC2C1. The fourth-order valence-electron chi connectivity index (χ4n) is 3.97. The highest BCUT2D eigenvalue weighted by Gasteiger charge is 2.37. The zero-order chi connectivity index (χ0) is 14.7. The van der Waals surface area contributed by atoms with Crippen LogP contribution in [0.2, 0.25) is 5.82 Å². The van der Waals surface area contributed by atoms with Crippen molar-refractivity contribution in [3.8, 4) is 0 Å². The van der Waals surface area contributed by atoms with Crippen LogP contribution in [0.4, 0.5) is 0 Å². The van der Waals surface area contributed by atoms with Crippen LogP contribution in [0.25, 0.3) is 0 Å². The Labute approximate surface area is 132 Å². The average molecular weight is 290 g/mol. The van der Waals surface area contributed by atoms with Crippen LogP contribution in [-0.2, 0) is 0 Å². The topological polar surface area (TPSA) is 0 Å². The molecule has 0 bridgehead atoms. The van der Waals surface area contributed by atoms with Gasteiger partial charge in [0.25, 0.3) is 0 Å². The van der Waals surface area contributed by atoms with Crippen LogP contribution in [0.3, 0.4) is 0 Å². The highest BCUT2D eigenvalue weighted by Crippen LogP contribution is 2.52. The van der Waals surface area contributed by atoms with E-state index in [4.69, 9.17) is 7.85 Å².